The van der Waals surface area contributed by atoms with Gasteiger partial charge >= 0.3 is 0 Å². The largest absolute Gasteiger partial charge is 0.396 e. The summed E-state index contributed by atoms with van der Waals surface area (Å²) in [5.41, 5.74) is 0. The predicted octanol–water partition coefficient (Wildman–Crippen LogP) is 0.346. The second-order valence-electron chi connectivity index (χ2n) is 4.66. The van der Waals surface area contributed by atoms with Gasteiger partial charge in [0.25, 0.3) is 10.0 Å². The molecule has 1 aliphatic rings. The van der Waals surface area contributed by atoms with Crippen LogP contribution in [0.4, 0.5) is 0 Å². The highest BCUT2D eigenvalue weighted by atomic mass is 32.2. The quantitative estimate of drug-likeness (QED) is 0.839. The first kappa shape index (κ1) is 13.5. The average Bonchev–Trinajstić information content (AvgIpc) is 2.95. The zero-order chi connectivity index (χ0) is 13.2. The first-order chi connectivity index (χ1) is 8.55. The molecule has 1 unspecified atom stereocenters. The number of nitrogens with zero attached hydrogens (tertiary/aromatic N) is 3. The van der Waals surface area contributed by atoms with E-state index in [9.17, 15) is 8.42 Å². The fourth-order valence-electron chi connectivity index (χ4n) is 2.38. The summed E-state index contributed by atoms with van der Waals surface area (Å²) in [4.78, 5) is 3.93. The number of aliphatic hydroxyl groups excluding tert-OH is 1. The Balaban J connectivity index is 2.18. The first-order valence-corrected chi connectivity index (χ1v) is 7.60. The molecule has 0 bridgehead atoms. The maximum atomic E-state index is 12.4. The molecule has 0 radical (unpaired) electrons. The van der Waals surface area contributed by atoms with E-state index in [0.717, 1.165) is 12.8 Å². The van der Waals surface area contributed by atoms with Crippen LogP contribution in [-0.4, -0.2) is 46.6 Å². The number of hydrogen-bond acceptors (Lipinski definition) is 4. The minimum atomic E-state index is -3.48. The molecular weight excluding hydrogens is 254 g/mol. The van der Waals surface area contributed by atoms with Crippen LogP contribution in [0, 0.1) is 0 Å². The monoisotopic (exact) mass is 273 g/mol. The summed E-state index contributed by atoms with van der Waals surface area (Å²) >= 11 is 0. The highest BCUT2D eigenvalue weighted by Crippen LogP contribution is 2.27. The summed E-state index contributed by atoms with van der Waals surface area (Å²) in [6, 6.07) is 0.00385. The smallest absolute Gasteiger partial charge is 0.262 e. The number of aromatic nitrogens is 2. The molecule has 1 aliphatic heterocycles. The minimum absolute atomic E-state index is 0.00385. The third kappa shape index (κ3) is 2.57. The van der Waals surface area contributed by atoms with Crippen LogP contribution in [0.1, 0.15) is 25.7 Å². The van der Waals surface area contributed by atoms with Gasteiger partial charge in [-0.2, -0.15) is 4.31 Å². The van der Waals surface area contributed by atoms with Gasteiger partial charge in [-0.3, -0.25) is 0 Å². The van der Waals surface area contributed by atoms with Crippen molar-refractivity contribution in [3.8, 4) is 0 Å². The number of aryl methyl sites for hydroxylation is 1. The molecule has 1 aromatic heterocycles. The fraction of sp³-hybridized carbons (Fsp3) is 0.727. The van der Waals surface area contributed by atoms with Crippen LogP contribution in [0.2, 0.25) is 0 Å². The number of aliphatic hydroxyl groups is 1. The molecule has 2 heterocycles. The van der Waals surface area contributed by atoms with Gasteiger partial charge in [0, 0.05) is 32.4 Å². The summed E-state index contributed by atoms with van der Waals surface area (Å²) in [5.74, 6) is 0. The Morgan fingerprint density at radius 1 is 1.56 bits per heavy atom. The van der Waals surface area contributed by atoms with Gasteiger partial charge in [0.2, 0.25) is 0 Å². The van der Waals surface area contributed by atoms with E-state index >= 15 is 0 Å². The van der Waals surface area contributed by atoms with Gasteiger partial charge in [-0.1, -0.05) is 0 Å². The maximum absolute atomic E-state index is 12.4. The lowest BCUT2D eigenvalue weighted by Crippen LogP contribution is -2.35. The lowest BCUT2D eigenvalue weighted by Gasteiger charge is -2.22. The summed E-state index contributed by atoms with van der Waals surface area (Å²) < 4.78 is 28.0. The zero-order valence-corrected chi connectivity index (χ0v) is 11.3. The summed E-state index contributed by atoms with van der Waals surface area (Å²) in [6.45, 7) is 0.656. The van der Waals surface area contributed by atoms with E-state index in [4.69, 9.17) is 5.11 Å². The Morgan fingerprint density at radius 3 is 2.94 bits per heavy atom. The molecule has 1 fully saturated rings. The van der Waals surface area contributed by atoms with Gasteiger partial charge in [-0.05, 0) is 25.7 Å². The van der Waals surface area contributed by atoms with Gasteiger partial charge in [0.05, 0.1) is 6.33 Å². The highest BCUT2D eigenvalue weighted by Gasteiger charge is 2.35. The average molecular weight is 273 g/mol. The molecule has 18 heavy (non-hydrogen) atoms. The minimum Gasteiger partial charge on any atom is -0.396 e. The van der Waals surface area contributed by atoms with Crippen molar-refractivity contribution in [3.63, 3.8) is 0 Å². The van der Waals surface area contributed by atoms with Crippen molar-refractivity contribution in [2.45, 2.75) is 36.8 Å². The molecule has 0 aromatic carbocycles. The molecule has 2 rings (SSSR count). The number of rotatable bonds is 5. The van der Waals surface area contributed by atoms with Gasteiger partial charge in [0.15, 0.2) is 5.03 Å². The van der Waals surface area contributed by atoms with Gasteiger partial charge in [0.1, 0.15) is 0 Å². The van der Waals surface area contributed by atoms with Crippen molar-refractivity contribution in [2.75, 3.05) is 13.2 Å². The highest BCUT2D eigenvalue weighted by molar-refractivity contribution is 7.89. The Hall–Kier alpha value is -0.920. The van der Waals surface area contributed by atoms with Crippen molar-refractivity contribution in [1.82, 2.24) is 13.9 Å². The van der Waals surface area contributed by atoms with E-state index in [1.54, 1.807) is 11.6 Å². The maximum Gasteiger partial charge on any atom is 0.262 e. The Labute approximate surface area is 107 Å². The molecule has 6 nitrogen and oxygen atoms in total. The SMILES string of the molecule is Cn1cnc(S(=O)(=O)N2CCCC2CCCO)c1. The lowest BCUT2D eigenvalue weighted by atomic mass is 10.1. The molecule has 1 N–H and O–H groups in total. The fourth-order valence-corrected chi connectivity index (χ4v) is 4.08. The van der Waals surface area contributed by atoms with E-state index < -0.39 is 10.0 Å². The van der Waals surface area contributed by atoms with Crippen LogP contribution >= 0.6 is 0 Å². The molecular formula is C11H19N3O3S. The standard InChI is InChI=1S/C11H19N3O3S/c1-13-8-11(12-9-13)18(16,17)14-6-2-4-10(14)5-3-7-15/h8-10,15H,2-7H2,1H3. The summed E-state index contributed by atoms with van der Waals surface area (Å²) in [7, 11) is -1.73. The van der Waals surface area contributed by atoms with E-state index in [1.807, 2.05) is 0 Å². The lowest BCUT2D eigenvalue weighted by molar-refractivity contribution is 0.264. The van der Waals surface area contributed by atoms with E-state index in [-0.39, 0.29) is 17.7 Å². The Morgan fingerprint density at radius 2 is 2.33 bits per heavy atom. The van der Waals surface area contributed by atoms with Crippen LogP contribution < -0.4 is 0 Å². The number of imidazole rings is 1. The van der Waals surface area contributed by atoms with Crippen molar-refractivity contribution >= 4 is 10.0 Å². The molecule has 1 atom stereocenters. The molecule has 102 valence electrons. The number of sulfonamides is 1. The van der Waals surface area contributed by atoms with E-state index in [2.05, 4.69) is 4.98 Å². The topological polar surface area (TPSA) is 75.4 Å². The molecule has 1 saturated heterocycles. The molecule has 0 spiro atoms. The molecule has 0 saturated carbocycles. The van der Waals surface area contributed by atoms with Crippen LogP contribution in [0.25, 0.3) is 0 Å². The van der Waals surface area contributed by atoms with E-state index in [0.29, 0.717) is 19.4 Å². The van der Waals surface area contributed by atoms with E-state index in [1.165, 1.54) is 16.8 Å². The Kier molecular flexibility index (Phi) is 4.04. The van der Waals surface area contributed by atoms with Crippen LogP contribution in [-0.2, 0) is 17.1 Å². The van der Waals surface area contributed by atoms with Crippen molar-refractivity contribution in [3.05, 3.63) is 12.5 Å². The summed E-state index contributed by atoms with van der Waals surface area (Å²) in [6.07, 6.45) is 6.11. The van der Waals surface area contributed by atoms with Crippen LogP contribution in [0.5, 0.6) is 0 Å². The van der Waals surface area contributed by atoms with Gasteiger partial charge < -0.3 is 9.67 Å². The van der Waals surface area contributed by atoms with Crippen LogP contribution in [0.3, 0.4) is 0 Å². The third-order valence-electron chi connectivity index (χ3n) is 3.27. The second-order valence-corrected chi connectivity index (χ2v) is 6.49. The van der Waals surface area contributed by atoms with Crippen molar-refractivity contribution in [1.29, 1.82) is 0 Å². The molecule has 0 aliphatic carbocycles. The number of hydrogen-bond donors (Lipinski definition) is 1. The predicted molar refractivity (Wildman–Crippen MR) is 66.4 cm³/mol. The van der Waals surface area contributed by atoms with Crippen molar-refractivity contribution in [2.24, 2.45) is 7.05 Å². The third-order valence-corrected chi connectivity index (χ3v) is 5.11. The van der Waals surface area contributed by atoms with Gasteiger partial charge in [-0.25, -0.2) is 13.4 Å². The molecule has 7 heteroatoms. The normalized spacial score (nSPS) is 21.6. The summed E-state index contributed by atoms with van der Waals surface area (Å²) in [5, 5.41) is 8.96. The second kappa shape index (κ2) is 5.38. The molecule has 0 amide bonds. The van der Waals surface area contributed by atoms with Crippen molar-refractivity contribution < 1.29 is 13.5 Å². The van der Waals surface area contributed by atoms with Gasteiger partial charge in [-0.15, -0.1) is 0 Å². The zero-order valence-electron chi connectivity index (χ0n) is 10.5. The Bertz CT molecular complexity index is 497. The van der Waals surface area contributed by atoms with Crippen LogP contribution in [0.15, 0.2) is 17.6 Å². The first-order valence-electron chi connectivity index (χ1n) is 6.16. The molecule has 1 aromatic rings.